The molecule has 3 fully saturated rings. The molecule has 21 heavy (non-hydrogen) atoms. The van der Waals surface area contributed by atoms with E-state index in [1.54, 1.807) is 0 Å². The third-order valence-electron chi connectivity index (χ3n) is 5.19. The Morgan fingerprint density at radius 2 is 2.00 bits per heavy atom. The Hall–Kier alpha value is -0.650. The van der Waals surface area contributed by atoms with Crippen molar-refractivity contribution in [1.82, 2.24) is 15.1 Å². The molecule has 0 aliphatic carbocycles. The van der Waals surface area contributed by atoms with Crippen LogP contribution in [0.25, 0.3) is 0 Å². The van der Waals surface area contributed by atoms with Gasteiger partial charge in [-0.1, -0.05) is 0 Å². The number of amides is 1. The minimum absolute atomic E-state index is 0.366. The van der Waals surface area contributed by atoms with E-state index >= 15 is 0 Å². The van der Waals surface area contributed by atoms with Crippen LogP contribution in [0.4, 0.5) is 0 Å². The number of rotatable bonds is 5. The maximum atomic E-state index is 12.3. The van der Waals surface area contributed by atoms with Crippen LogP contribution in [0.5, 0.6) is 0 Å². The maximum Gasteiger partial charge on any atom is 0.222 e. The Morgan fingerprint density at radius 1 is 1.14 bits per heavy atom. The molecule has 0 aromatic carbocycles. The van der Waals surface area contributed by atoms with E-state index in [4.69, 9.17) is 4.74 Å². The maximum absolute atomic E-state index is 12.3. The Morgan fingerprint density at radius 3 is 2.67 bits per heavy atom. The third-order valence-corrected chi connectivity index (χ3v) is 5.19. The summed E-state index contributed by atoms with van der Waals surface area (Å²) < 4.78 is 5.44. The van der Waals surface area contributed by atoms with Gasteiger partial charge in [-0.2, -0.15) is 0 Å². The first-order valence-corrected chi connectivity index (χ1v) is 8.60. The average molecular weight is 295 g/mol. The monoisotopic (exact) mass is 295 g/mol. The first-order chi connectivity index (χ1) is 10.3. The van der Waals surface area contributed by atoms with Gasteiger partial charge in [0.2, 0.25) is 5.91 Å². The number of carbonyl (C=O) groups is 1. The molecule has 3 aliphatic rings. The quantitative estimate of drug-likeness (QED) is 0.805. The molecule has 5 nitrogen and oxygen atoms in total. The minimum atomic E-state index is 0.366. The van der Waals surface area contributed by atoms with Crippen molar-refractivity contribution in [3.63, 3.8) is 0 Å². The number of hydrogen-bond acceptors (Lipinski definition) is 4. The van der Waals surface area contributed by atoms with Gasteiger partial charge in [0.25, 0.3) is 0 Å². The molecule has 3 saturated heterocycles. The molecule has 1 amide bonds. The molecule has 0 radical (unpaired) electrons. The fourth-order valence-electron chi connectivity index (χ4n) is 3.72. The lowest BCUT2D eigenvalue weighted by Gasteiger charge is -2.36. The van der Waals surface area contributed by atoms with Gasteiger partial charge in [0, 0.05) is 45.8 Å². The van der Waals surface area contributed by atoms with Crippen molar-refractivity contribution >= 4 is 5.91 Å². The number of carbonyl (C=O) groups excluding carboxylic acids is 1. The fraction of sp³-hybridized carbons (Fsp3) is 0.938. The van der Waals surface area contributed by atoms with Crippen LogP contribution >= 0.6 is 0 Å². The Balaban J connectivity index is 1.33. The van der Waals surface area contributed by atoms with Crippen LogP contribution in [0, 0.1) is 11.8 Å². The molecule has 5 heteroatoms. The topological polar surface area (TPSA) is 44.8 Å². The number of hydrogen-bond donors (Lipinski definition) is 1. The number of nitrogens with one attached hydrogen (secondary N) is 1. The molecule has 1 N–H and O–H groups in total. The van der Waals surface area contributed by atoms with Crippen LogP contribution in [0.15, 0.2) is 0 Å². The average Bonchev–Trinajstić information content (AvgIpc) is 3.19. The summed E-state index contributed by atoms with van der Waals surface area (Å²) in [5.41, 5.74) is 0. The van der Waals surface area contributed by atoms with Crippen molar-refractivity contribution in [1.29, 1.82) is 0 Å². The van der Waals surface area contributed by atoms with Gasteiger partial charge in [0.05, 0.1) is 6.61 Å². The lowest BCUT2D eigenvalue weighted by molar-refractivity contribution is -0.133. The highest BCUT2D eigenvalue weighted by molar-refractivity contribution is 5.76. The van der Waals surface area contributed by atoms with Crippen molar-refractivity contribution in [3.8, 4) is 0 Å². The van der Waals surface area contributed by atoms with E-state index in [0.717, 1.165) is 77.8 Å². The van der Waals surface area contributed by atoms with E-state index in [9.17, 15) is 4.79 Å². The van der Waals surface area contributed by atoms with Crippen LogP contribution in [0.3, 0.4) is 0 Å². The molecule has 0 bridgehead atoms. The zero-order valence-electron chi connectivity index (χ0n) is 13.1. The highest BCUT2D eigenvalue weighted by Gasteiger charge is 2.25. The summed E-state index contributed by atoms with van der Waals surface area (Å²) in [5, 5.41) is 3.37. The number of nitrogens with zero attached hydrogens (tertiary/aromatic N) is 2. The molecular weight excluding hydrogens is 266 g/mol. The van der Waals surface area contributed by atoms with Crippen LogP contribution in [0.2, 0.25) is 0 Å². The Bertz CT molecular complexity index is 330. The standard InChI is InChI=1S/C16H29N3O2/c20-16(2-1-14-3-5-17-11-14)19-8-6-18(7-9-19)12-15-4-10-21-13-15/h14-15,17H,1-13H2. The van der Waals surface area contributed by atoms with Gasteiger partial charge in [-0.25, -0.2) is 0 Å². The molecule has 0 aromatic heterocycles. The van der Waals surface area contributed by atoms with Gasteiger partial charge < -0.3 is 15.0 Å². The van der Waals surface area contributed by atoms with Crippen LogP contribution in [0.1, 0.15) is 25.7 Å². The van der Waals surface area contributed by atoms with Crippen LogP contribution in [-0.2, 0) is 9.53 Å². The van der Waals surface area contributed by atoms with E-state index < -0.39 is 0 Å². The molecule has 0 saturated carbocycles. The second kappa shape index (κ2) is 7.56. The first kappa shape index (κ1) is 15.3. The smallest absolute Gasteiger partial charge is 0.222 e. The highest BCUT2D eigenvalue weighted by atomic mass is 16.5. The van der Waals surface area contributed by atoms with E-state index in [0.29, 0.717) is 11.8 Å². The van der Waals surface area contributed by atoms with Gasteiger partial charge >= 0.3 is 0 Å². The normalized spacial score (nSPS) is 31.0. The predicted molar refractivity (Wildman–Crippen MR) is 82.2 cm³/mol. The number of piperazine rings is 1. The molecule has 2 atom stereocenters. The highest BCUT2D eigenvalue weighted by Crippen LogP contribution is 2.17. The fourth-order valence-corrected chi connectivity index (χ4v) is 3.72. The molecule has 0 spiro atoms. The van der Waals surface area contributed by atoms with E-state index in [-0.39, 0.29) is 0 Å². The molecule has 3 heterocycles. The molecular formula is C16H29N3O2. The zero-order valence-corrected chi connectivity index (χ0v) is 13.1. The van der Waals surface area contributed by atoms with Crippen molar-refractivity contribution < 1.29 is 9.53 Å². The lowest BCUT2D eigenvalue weighted by atomic mass is 10.0. The van der Waals surface area contributed by atoms with E-state index in [1.165, 1.54) is 12.8 Å². The second-order valence-corrected chi connectivity index (χ2v) is 6.81. The second-order valence-electron chi connectivity index (χ2n) is 6.81. The van der Waals surface area contributed by atoms with Gasteiger partial charge in [0.15, 0.2) is 0 Å². The molecule has 0 aromatic rings. The summed E-state index contributed by atoms with van der Waals surface area (Å²) in [7, 11) is 0. The number of ether oxygens (including phenoxy) is 1. The van der Waals surface area contributed by atoms with Gasteiger partial charge in [-0.15, -0.1) is 0 Å². The summed E-state index contributed by atoms with van der Waals surface area (Å²) in [6.07, 6.45) is 4.24. The van der Waals surface area contributed by atoms with Gasteiger partial charge in [0.1, 0.15) is 0 Å². The van der Waals surface area contributed by atoms with E-state index in [2.05, 4.69) is 15.1 Å². The molecule has 2 unspecified atom stereocenters. The summed E-state index contributed by atoms with van der Waals surface area (Å²) in [5.74, 6) is 1.80. The van der Waals surface area contributed by atoms with Gasteiger partial charge in [-0.05, 0) is 44.2 Å². The van der Waals surface area contributed by atoms with Crippen molar-refractivity contribution in [3.05, 3.63) is 0 Å². The van der Waals surface area contributed by atoms with Crippen molar-refractivity contribution in [2.75, 3.05) is 59.0 Å². The summed E-state index contributed by atoms with van der Waals surface area (Å²) in [6.45, 7) is 9.13. The minimum Gasteiger partial charge on any atom is -0.381 e. The third kappa shape index (κ3) is 4.41. The van der Waals surface area contributed by atoms with E-state index in [1.807, 2.05) is 0 Å². The van der Waals surface area contributed by atoms with Crippen LogP contribution in [-0.4, -0.2) is 74.7 Å². The Labute approximate surface area is 128 Å². The summed E-state index contributed by atoms with van der Waals surface area (Å²) in [4.78, 5) is 16.9. The van der Waals surface area contributed by atoms with Crippen LogP contribution < -0.4 is 5.32 Å². The molecule has 3 rings (SSSR count). The molecule has 3 aliphatic heterocycles. The first-order valence-electron chi connectivity index (χ1n) is 8.60. The largest absolute Gasteiger partial charge is 0.381 e. The lowest BCUT2D eigenvalue weighted by Crippen LogP contribution is -2.49. The van der Waals surface area contributed by atoms with Crippen molar-refractivity contribution in [2.24, 2.45) is 11.8 Å². The predicted octanol–water partition coefficient (Wildman–Crippen LogP) is 0.557. The summed E-state index contributed by atoms with van der Waals surface area (Å²) in [6, 6.07) is 0. The SMILES string of the molecule is O=C(CCC1CCNC1)N1CCN(CC2CCOC2)CC1. The van der Waals surface area contributed by atoms with Gasteiger partial charge in [-0.3, -0.25) is 9.69 Å². The molecule has 120 valence electrons. The Kier molecular flexibility index (Phi) is 5.49. The van der Waals surface area contributed by atoms with Crippen molar-refractivity contribution in [2.45, 2.75) is 25.7 Å². The zero-order chi connectivity index (χ0) is 14.5. The summed E-state index contributed by atoms with van der Waals surface area (Å²) >= 11 is 0.